The fourth-order valence-corrected chi connectivity index (χ4v) is 4.32. The molecule has 1 aromatic carbocycles. The van der Waals surface area contributed by atoms with Crippen molar-refractivity contribution in [1.82, 2.24) is 10.2 Å². The van der Waals surface area contributed by atoms with Crippen LogP contribution in [0.4, 0.5) is 10.1 Å². The first-order chi connectivity index (χ1) is 9.22. The number of aromatic nitrogens is 2. The average molecular weight is 383 g/mol. The fourth-order valence-electron chi connectivity index (χ4n) is 1.76. The summed E-state index contributed by atoms with van der Waals surface area (Å²) in [7, 11) is -3.87. The highest BCUT2D eigenvalue weighted by atomic mass is 79.9. The average Bonchev–Trinajstić information content (AvgIpc) is 2.64. The zero-order valence-electron chi connectivity index (χ0n) is 10.5. The first-order valence-electron chi connectivity index (χ1n) is 5.41. The van der Waals surface area contributed by atoms with Gasteiger partial charge < -0.3 is 0 Å². The van der Waals surface area contributed by atoms with Crippen LogP contribution in [0, 0.1) is 19.7 Å². The Kier molecular flexibility index (Phi) is 4.08. The number of sulfonamides is 1. The molecule has 0 aliphatic carbocycles. The number of hydrogen-bond donors (Lipinski definition) is 2. The van der Waals surface area contributed by atoms with Crippen molar-refractivity contribution in [3.05, 3.63) is 38.8 Å². The van der Waals surface area contributed by atoms with E-state index >= 15 is 0 Å². The number of benzene rings is 1. The molecule has 0 bridgehead atoms. The summed E-state index contributed by atoms with van der Waals surface area (Å²) in [5.74, 6) is -0.569. The molecule has 0 radical (unpaired) electrons. The largest absolute Gasteiger partial charge is 0.281 e. The Morgan fingerprint density at radius 1 is 1.40 bits per heavy atom. The number of aryl methyl sites for hydroxylation is 2. The van der Waals surface area contributed by atoms with Crippen LogP contribution in [-0.4, -0.2) is 18.6 Å². The minimum atomic E-state index is -3.87. The molecule has 5 nitrogen and oxygen atoms in total. The minimum absolute atomic E-state index is 0.0424. The Balaban J connectivity index is 2.50. The monoisotopic (exact) mass is 381 g/mol. The van der Waals surface area contributed by atoms with E-state index in [9.17, 15) is 12.8 Å². The molecule has 0 fully saturated rings. The van der Waals surface area contributed by atoms with Crippen molar-refractivity contribution in [3.63, 3.8) is 0 Å². The number of hydrogen-bond acceptors (Lipinski definition) is 3. The van der Waals surface area contributed by atoms with Crippen LogP contribution in [0.5, 0.6) is 0 Å². The lowest BCUT2D eigenvalue weighted by Crippen LogP contribution is -2.15. The molecule has 0 spiro atoms. The van der Waals surface area contributed by atoms with Crippen LogP contribution in [-0.2, 0) is 10.0 Å². The summed E-state index contributed by atoms with van der Waals surface area (Å²) < 4.78 is 40.4. The van der Waals surface area contributed by atoms with Crippen LogP contribution in [0.1, 0.15) is 11.4 Å². The van der Waals surface area contributed by atoms with E-state index in [4.69, 9.17) is 11.6 Å². The second-order valence-corrected chi connectivity index (χ2v) is 6.99. The Bertz CT molecular complexity index is 733. The zero-order chi connectivity index (χ0) is 15.1. The van der Waals surface area contributed by atoms with Crippen molar-refractivity contribution >= 4 is 43.2 Å². The van der Waals surface area contributed by atoms with Crippen molar-refractivity contribution < 1.29 is 12.8 Å². The summed E-state index contributed by atoms with van der Waals surface area (Å²) in [6, 6.07) is 2.15. The predicted molar refractivity (Wildman–Crippen MR) is 78.0 cm³/mol. The second kappa shape index (κ2) is 5.34. The predicted octanol–water partition coefficient (Wildman–Crippen LogP) is 3.38. The van der Waals surface area contributed by atoms with Crippen molar-refractivity contribution in [2.24, 2.45) is 0 Å². The molecule has 108 valence electrons. The first-order valence-corrected chi connectivity index (χ1v) is 8.06. The van der Waals surface area contributed by atoms with E-state index in [-0.39, 0.29) is 20.1 Å². The number of nitrogens with zero attached hydrogens (tertiary/aromatic N) is 1. The number of halogens is 3. The van der Waals surface area contributed by atoms with E-state index in [0.717, 1.165) is 12.1 Å². The van der Waals surface area contributed by atoms with E-state index in [1.54, 1.807) is 13.8 Å². The maximum Gasteiger partial charge on any atom is 0.265 e. The van der Waals surface area contributed by atoms with Crippen LogP contribution >= 0.6 is 27.5 Å². The molecular formula is C11H10BrClFN3O2S. The van der Waals surface area contributed by atoms with Gasteiger partial charge in [0.1, 0.15) is 10.7 Å². The molecule has 0 amide bonds. The van der Waals surface area contributed by atoms with Crippen molar-refractivity contribution in [3.8, 4) is 0 Å². The van der Waals surface area contributed by atoms with Crippen LogP contribution in [0.25, 0.3) is 0 Å². The fraction of sp³-hybridized carbons (Fsp3) is 0.182. The molecule has 1 aromatic heterocycles. The highest BCUT2D eigenvalue weighted by Gasteiger charge is 2.24. The van der Waals surface area contributed by atoms with Gasteiger partial charge in [-0.15, -0.1) is 0 Å². The number of H-pyrrole nitrogens is 1. The van der Waals surface area contributed by atoms with E-state index < -0.39 is 15.8 Å². The van der Waals surface area contributed by atoms with Gasteiger partial charge in [0.05, 0.1) is 22.1 Å². The van der Waals surface area contributed by atoms with Gasteiger partial charge in [-0.05, 0) is 41.9 Å². The second-order valence-electron chi connectivity index (χ2n) is 4.11. The van der Waals surface area contributed by atoms with E-state index in [2.05, 4.69) is 30.8 Å². The molecule has 2 N–H and O–H groups in total. The third-order valence-electron chi connectivity index (χ3n) is 2.57. The van der Waals surface area contributed by atoms with Crippen molar-refractivity contribution in [2.45, 2.75) is 18.7 Å². The van der Waals surface area contributed by atoms with Gasteiger partial charge in [0.15, 0.2) is 0 Å². The molecule has 1 heterocycles. The Labute approximate surface area is 128 Å². The smallest absolute Gasteiger partial charge is 0.265 e. The van der Waals surface area contributed by atoms with Gasteiger partial charge in [-0.1, -0.05) is 11.6 Å². The van der Waals surface area contributed by atoms with Crippen molar-refractivity contribution in [2.75, 3.05) is 4.72 Å². The van der Waals surface area contributed by atoms with Gasteiger partial charge in [0.2, 0.25) is 0 Å². The van der Waals surface area contributed by atoms with Gasteiger partial charge in [0.25, 0.3) is 10.0 Å². The number of aromatic amines is 1. The molecule has 20 heavy (non-hydrogen) atoms. The highest BCUT2D eigenvalue weighted by molar-refractivity contribution is 9.10. The zero-order valence-corrected chi connectivity index (χ0v) is 13.6. The maximum atomic E-state index is 13.1. The highest BCUT2D eigenvalue weighted by Crippen LogP contribution is 2.34. The van der Waals surface area contributed by atoms with Gasteiger partial charge in [-0.2, -0.15) is 5.10 Å². The summed E-state index contributed by atoms with van der Waals surface area (Å²) in [5.41, 5.74) is 0.821. The Morgan fingerprint density at radius 2 is 2.05 bits per heavy atom. The van der Waals surface area contributed by atoms with Gasteiger partial charge in [-0.25, -0.2) is 12.8 Å². The van der Waals surface area contributed by atoms with Crippen LogP contribution in [0.2, 0.25) is 5.02 Å². The topological polar surface area (TPSA) is 74.8 Å². The molecular weight excluding hydrogens is 373 g/mol. The number of anilines is 1. The SMILES string of the molecule is Cc1n[nH]c(C)c1S(=O)(=O)Nc1c(Cl)cc(F)cc1Br. The lowest BCUT2D eigenvalue weighted by Gasteiger charge is -2.11. The lowest BCUT2D eigenvalue weighted by molar-refractivity contribution is 0.600. The third kappa shape index (κ3) is 2.82. The van der Waals surface area contributed by atoms with Gasteiger partial charge in [0, 0.05) is 4.47 Å². The van der Waals surface area contributed by atoms with Gasteiger partial charge in [-0.3, -0.25) is 9.82 Å². The van der Waals surface area contributed by atoms with Crippen LogP contribution < -0.4 is 4.72 Å². The van der Waals surface area contributed by atoms with E-state index in [0.29, 0.717) is 11.4 Å². The van der Waals surface area contributed by atoms with Crippen LogP contribution in [0.3, 0.4) is 0 Å². The summed E-state index contributed by atoms with van der Waals surface area (Å²) in [5, 5.41) is 6.39. The Hall–Kier alpha value is -1.12. The minimum Gasteiger partial charge on any atom is -0.281 e. The summed E-state index contributed by atoms with van der Waals surface area (Å²) >= 11 is 8.94. The standard InChI is InChI=1S/C11H10BrClFN3O2S/c1-5-11(6(2)16-15-5)20(18,19)17-10-8(12)3-7(14)4-9(10)13/h3-4,17H,1-2H3,(H,15,16). The molecule has 9 heteroatoms. The molecule has 0 saturated heterocycles. The molecule has 0 unspecified atom stereocenters. The van der Waals surface area contributed by atoms with E-state index in [1.807, 2.05) is 0 Å². The summed E-state index contributed by atoms with van der Waals surface area (Å²) in [6.07, 6.45) is 0. The maximum absolute atomic E-state index is 13.1. The molecule has 2 rings (SSSR count). The molecule has 0 aliphatic rings. The number of nitrogens with one attached hydrogen (secondary N) is 2. The van der Waals surface area contributed by atoms with E-state index in [1.165, 1.54) is 0 Å². The normalized spacial score (nSPS) is 11.7. The third-order valence-corrected chi connectivity index (χ3v) is 5.11. The quantitative estimate of drug-likeness (QED) is 0.854. The van der Waals surface area contributed by atoms with Gasteiger partial charge >= 0.3 is 0 Å². The van der Waals surface area contributed by atoms with Crippen LogP contribution in [0.15, 0.2) is 21.5 Å². The number of rotatable bonds is 3. The first kappa shape index (κ1) is 15.3. The molecule has 2 aromatic rings. The molecule has 0 atom stereocenters. The molecule has 0 aliphatic heterocycles. The molecule has 0 saturated carbocycles. The van der Waals surface area contributed by atoms with Crippen molar-refractivity contribution in [1.29, 1.82) is 0 Å². The lowest BCUT2D eigenvalue weighted by atomic mass is 10.3. The Morgan fingerprint density at radius 3 is 2.55 bits per heavy atom. The summed E-state index contributed by atoms with van der Waals surface area (Å²) in [6.45, 7) is 3.16. The summed E-state index contributed by atoms with van der Waals surface area (Å²) in [4.78, 5) is 0.0461.